The monoisotopic (exact) mass is 350 g/mol. The van der Waals surface area contributed by atoms with Crippen LogP contribution in [0.3, 0.4) is 0 Å². The van der Waals surface area contributed by atoms with Gasteiger partial charge in [0.2, 0.25) is 11.7 Å². The summed E-state index contributed by atoms with van der Waals surface area (Å²) in [6.45, 7) is 4.02. The van der Waals surface area contributed by atoms with E-state index in [1.165, 1.54) is 7.11 Å². The number of nitrogens with zero attached hydrogens (tertiary/aromatic N) is 2. The fourth-order valence-corrected chi connectivity index (χ4v) is 2.66. The third-order valence-electron chi connectivity index (χ3n) is 3.86. The highest BCUT2D eigenvalue weighted by Gasteiger charge is 2.57. The van der Waals surface area contributed by atoms with Gasteiger partial charge in [-0.3, -0.25) is 4.79 Å². The zero-order valence-corrected chi connectivity index (χ0v) is 13.7. The van der Waals surface area contributed by atoms with E-state index in [0.717, 1.165) is 21.2 Å². The van der Waals surface area contributed by atoms with Gasteiger partial charge in [0, 0.05) is 10.0 Å². The van der Waals surface area contributed by atoms with Crippen molar-refractivity contribution in [3.05, 3.63) is 33.6 Å². The molecule has 1 heterocycles. The molecule has 0 spiro atoms. The Morgan fingerprint density at radius 3 is 2.48 bits per heavy atom. The quantitative estimate of drug-likeness (QED) is 0.794. The lowest BCUT2D eigenvalue weighted by atomic mass is 10.1. The van der Waals surface area contributed by atoms with E-state index in [2.05, 4.69) is 26.1 Å². The molecule has 0 N–H and O–H groups in total. The molecular weight excluding hydrogens is 336 g/mol. The van der Waals surface area contributed by atoms with Crippen molar-refractivity contribution in [1.82, 2.24) is 10.1 Å². The first kappa shape index (κ1) is 14.3. The number of rotatable bonds is 3. The molecule has 0 amide bonds. The van der Waals surface area contributed by atoms with E-state index in [1.807, 2.05) is 26.0 Å². The Labute approximate surface area is 130 Å². The minimum absolute atomic E-state index is 0.305. The topological polar surface area (TPSA) is 65.2 Å². The number of carbonyl (C=O) groups is 1. The van der Waals surface area contributed by atoms with E-state index >= 15 is 0 Å². The van der Waals surface area contributed by atoms with Crippen LogP contribution in [0.1, 0.15) is 29.9 Å². The van der Waals surface area contributed by atoms with E-state index < -0.39 is 5.41 Å². The second-order valence-corrected chi connectivity index (χ2v) is 6.21. The Balaban J connectivity index is 1.98. The summed E-state index contributed by atoms with van der Waals surface area (Å²) in [6, 6.07) is 3.98. The van der Waals surface area contributed by atoms with Gasteiger partial charge in [0.15, 0.2) is 0 Å². The fourth-order valence-electron chi connectivity index (χ4n) is 2.44. The minimum Gasteiger partial charge on any atom is -0.468 e. The Morgan fingerprint density at radius 1 is 1.33 bits per heavy atom. The lowest BCUT2D eigenvalue weighted by molar-refractivity contribution is -0.144. The SMILES string of the molecule is COC(=O)C1(c2nc(-c3cc(C)c(Br)c(C)c3)no2)CC1. The molecule has 2 aromatic rings. The number of ether oxygens (including phenoxy) is 1. The predicted octanol–water partition coefficient (Wildman–Crippen LogP) is 3.32. The van der Waals surface area contributed by atoms with Crippen LogP contribution in [-0.2, 0) is 14.9 Å². The van der Waals surface area contributed by atoms with Crippen LogP contribution in [0.2, 0.25) is 0 Å². The van der Waals surface area contributed by atoms with Gasteiger partial charge >= 0.3 is 5.97 Å². The van der Waals surface area contributed by atoms with Crippen molar-refractivity contribution < 1.29 is 14.1 Å². The van der Waals surface area contributed by atoms with Gasteiger partial charge in [0.25, 0.3) is 0 Å². The van der Waals surface area contributed by atoms with Gasteiger partial charge in [-0.25, -0.2) is 0 Å². The molecule has 0 saturated heterocycles. The average molecular weight is 351 g/mol. The van der Waals surface area contributed by atoms with Crippen LogP contribution in [0.4, 0.5) is 0 Å². The van der Waals surface area contributed by atoms with Crippen LogP contribution < -0.4 is 0 Å². The van der Waals surface area contributed by atoms with Crippen LogP contribution in [0, 0.1) is 13.8 Å². The summed E-state index contributed by atoms with van der Waals surface area (Å²) in [7, 11) is 1.38. The first-order valence-electron chi connectivity index (χ1n) is 6.67. The van der Waals surface area contributed by atoms with E-state index in [0.29, 0.717) is 24.6 Å². The zero-order valence-electron chi connectivity index (χ0n) is 12.1. The van der Waals surface area contributed by atoms with Gasteiger partial charge in [0.05, 0.1) is 7.11 Å². The average Bonchev–Trinajstić information content (AvgIpc) is 3.13. The molecule has 5 nitrogen and oxygen atoms in total. The summed E-state index contributed by atoms with van der Waals surface area (Å²) in [4.78, 5) is 16.2. The lowest BCUT2D eigenvalue weighted by Crippen LogP contribution is -2.22. The summed E-state index contributed by atoms with van der Waals surface area (Å²) in [5, 5.41) is 4.01. The number of halogens is 1. The minimum atomic E-state index is -0.723. The molecule has 3 rings (SSSR count). The van der Waals surface area contributed by atoms with Crippen molar-refractivity contribution in [2.45, 2.75) is 32.1 Å². The molecule has 1 aromatic heterocycles. The number of carbonyl (C=O) groups excluding carboxylic acids is 1. The van der Waals surface area contributed by atoms with Crippen LogP contribution in [0.15, 0.2) is 21.1 Å². The number of aryl methyl sites for hydroxylation is 2. The highest BCUT2D eigenvalue weighted by Crippen LogP contribution is 2.48. The van der Waals surface area contributed by atoms with Crippen molar-refractivity contribution in [2.24, 2.45) is 0 Å². The van der Waals surface area contributed by atoms with Crippen LogP contribution in [0.5, 0.6) is 0 Å². The molecule has 0 unspecified atom stereocenters. The van der Waals surface area contributed by atoms with Crippen LogP contribution in [0.25, 0.3) is 11.4 Å². The molecule has 1 fully saturated rings. The van der Waals surface area contributed by atoms with Gasteiger partial charge in [0.1, 0.15) is 5.41 Å². The van der Waals surface area contributed by atoms with Gasteiger partial charge in [-0.05, 0) is 49.9 Å². The van der Waals surface area contributed by atoms with Crippen LogP contribution in [-0.4, -0.2) is 23.2 Å². The Bertz CT molecular complexity index is 696. The molecule has 0 bridgehead atoms. The Kier molecular flexibility index (Phi) is 3.36. The largest absolute Gasteiger partial charge is 0.468 e. The number of hydrogen-bond donors (Lipinski definition) is 0. The smallest absolute Gasteiger partial charge is 0.321 e. The van der Waals surface area contributed by atoms with Gasteiger partial charge in [-0.15, -0.1) is 0 Å². The van der Waals surface area contributed by atoms with Crippen molar-refractivity contribution in [1.29, 1.82) is 0 Å². The first-order valence-corrected chi connectivity index (χ1v) is 7.47. The van der Waals surface area contributed by atoms with Crippen LogP contribution >= 0.6 is 15.9 Å². The van der Waals surface area contributed by atoms with E-state index in [1.54, 1.807) is 0 Å². The zero-order chi connectivity index (χ0) is 15.2. The molecule has 1 aliphatic rings. The molecule has 21 heavy (non-hydrogen) atoms. The number of esters is 1. The normalized spacial score (nSPS) is 15.8. The Morgan fingerprint density at radius 2 is 1.95 bits per heavy atom. The second kappa shape index (κ2) is 4.94. The third kappa shape index (κ3) is 2.27. The predicted molar refractivity (Wildman–Crippen MR) is 79.8 cm³/mol. The Hall–Kier alpha value is -1.69. The molecule has 1 aliphatic carbocycles. The maximum Gasteiger partial charge on any atom is 0.321 e. The first-order chi connectivity index (χ1) is 9.98. The van der Waals surface area contributed by atoms with Crippen molar-refractivity contribution in [3.8, 4) is 11.4 Å². The summed E-state index contributed by atoms with van der Waals surface area (Å²) >= 11 is 3.54. The molecule has 0 radical (unpaired) electrons. The van der Waals surface area contributed by atoms with E-state index in [-0.39, 0.29) is 5.97 Å². The van der Waals surface area contributed by atoms with Gasteiger partial charge < -0.3 is 9.26 Å². The van der Waals surface area contributed by atoms with Gasteiger partial charge in [-0.1, -0.05) is 21.1 Å². The summed E-state index contributed by atoms with van der Waals surface area (Å²) in [5.74, 6) is 0.544. The highest BCUT2D eigenvalue weighted by molar-refractivity contribution is 9.10. The second-order valence-electron chi connectivity index (χ2n) is 5.42. The van der Waals surface area contributed by atoms with Crippen molar-refractivity contribution >= 4 is 21.9 Å². The molecule has 110 valence electrons. The maximum atomic E-state index is 11.8. The molecule has 1 aromatic carbocycles. The summed E-state index contributed by atoms with van der Waals surface area (Å²) in [6.07, 6.45) is 1.39. The highest BCUT2D eigenvalue weighted by atomic mass is 79.9. The third-order valence-corrected chi connectivity index (χ3v) is 5.11. The van der Waals surface area contributed by atoms with E-state index in [9.17, 15) is 4.79 Å². The number of methoxy groups -OCH3 is 1. The molecule has 0 aliphatic heterocycles. The molecule has 0 atom stereocenters. The number of benzene rings is 1. The molecule has 1 saturated carbocycles. The van der Waals surface area contributed by atoms with Crippen molar-refractivity contribution in [3.63, 3.8) is 0 Å². The summed E-state index contributed by atoms with van der Waals surface area (Å²) in [5.41, 5.74) is 2.36. The number of hydrogen-bond acceptors (Lipinski definition) is 5. The maximum absolute atomic E-state index is 11.8. The molecular formula is C15H15BrN2O3. The number of aromatic nitrogens is 2. The van der Waals surface area contributed by atoms with E-state index in [4.69, 9.17) is 9.26 Å². The van der Waals surface area contributed by atoms with Crippen molar-refractivity contribution in [2.75, 3.05) is 7.11 Å². The fraction of sp³-hybridized carbons (Fsp3) is 0.400. The lowest BCUT2D eigenvalue weighted by Gasteiger charge is -2.06. The van der Waals surface area contributed by atoms with Gasteiger partial charge in [-0.2, -0.15) is 4.98 Å². The summed E-state index contributed by atoms with van der Waals surface area (Å²) < 4.78 is 11.2. The molecule has 6 heteroatoms. The standard InChI is InChI=1S/C15H15BrN2O3/c1-8-6-10(7-9(2)11(8)16)12-17-13(21-18-12)15(4-5-15)14(19)20-3/h6-7H,4-5H2,1-3H3.